The highest BCUT2D eigenvalue weighted by molar-refractivity contribution is 5.77. The van der Waals surface area contributed by atoms with E-state index >= 15 is 0 Å². The molecule has 2 N–H and O–H groups in total. The number of likely N-dealkylation sites (tertiary alicyclic amines) is 1. The maximum atomic E-state index is 11.0. The van der Waals surface area contributed by atoms with Crippen LogP contribution >= 0.6 is 0 Å². The Bertz CT molecular complexity index is 282. The van der Waals surface area contributed by atoms with E-state index in [0.29, 0.717) is 5.92 Å². The third-order valence-corrected chi connectivity index (χ3v) is 3.09. The molecule has 1 fully saturated rings. The predicted molar refractivity (Wildman–Crippen MR) is 62.3 cm³/mol. The highest BCUT2D eigenvalue weighted by Crippen LogP contribution is 2.19. The first-order chi connectivity index (χ1) is 7.52. The molecule has 2 atom stereocenters. The van der Waals surface area contributed by atoms with Crippen LogP contribution in [0.5, 0.6) is 0 Å². The number of carbonyl (C=O) groups is 1. The first kappa shape index (κ1) is 13.0. The van der Waals surface area contributed by atoms with Gasteiger partial charge < -0.3 is 10.6 Å². The molecule has 1 rings (SSSR count). The van der Waals surface area contributed by atoms with Crippen LogP contribution in [0, 0.1) is 29.1 Å². The molecular weight excluding hydrogens is 202 g/mol. The fourth-order valence-corrected chi connectivity index (χ4v) is 2.28. The molecule has 0 unspecified atom stereocenters. The second-order valence-electron chi connectivity index (χ2n) is 5.10. The lowest BCUT2D eigenvalue weighted by Gasteiger charge is -2.20. The van der Waals surface area contributed by atoms with Gasteiger partial charge in [-0.2, -0.15) is 5.26 Å². The van der Waals surface area contributed by atoms with E-state index in [4.69, 9.17) is 11.0 Å². The van der Waals surface area contributed by atoms with Gasteiger partial charge in [-0.15, -0.1) is 0 Å². The molecule has 0 aromatic rings. The molecule has 4 heteroatoms. The van der Waals surface area contributed by atoms with Crippen LogP contribution < -0.4 is 5.73 Å². The van der Waals surface area contributed by atoms with E-state index < -0.39 is 0 Å². The van der Waals surface area contributed by atoms with Gasteiger partial charge in [0.25, 0.3) is 0 Å². The van der Waals surface area contributed by atoms with Crippen LogP contribution in [0.4, 0.5) is 0 Å². The van der Waals surface area contributed by atoms with Crippen molar-refractivity contribution in [3.8, 4) is 6.07 Å². The lowest BCUT2D eigenvalue weighted by molar-refractivity contribution is -0.121. The molecule has 1 saturated heterocycles. The molecule has 4 nitrogen and oxygen atoms in total. The maximum absolute atomic E-state index is 11.0. The van der Waals surface area contributed by atoms with Gasteiger partial charge in [-0.1, -0.05) is 13.8 Å². The van der Waals surface area contributed by atoms with Crippen molar-refractivity contribution in [3.05, 3.63) is 0 Å². The standard InChI is InChI=1S/C12H21N3O/c1-9(2)5-10(6-13)7-15-4-3-11(8-15)12(14)16/h9-11H,3-5,7-8H2,1-2H3,(H2,14,16)/t10-,11+/m0/s1. The molecule has 0 radical (unpaired) electrons. The molecule has 0 bridgehead atoms. The number of nitrogens with zero attached hydrogens (tertiary/aromatic N) is 2. The number of rotatable bonds is 5. The average molecular weight is 223 g/mol. The summed E-state index contributed by atoms with van der Waals surface area (Å²) >= 11 is 0. The third-order valence-electron chi connectivity index (χ3n) is 3.09. The third kappa shape index (κ3) is 3.82. The van der Waals surface area contributed by atoms with Crippen molar-refractivity contribution in [2.75, 3.05) is 19.6 Å². The summed E-state index contributed by atoms with van der Waals surface area (Å²) in [6, 6.07) is 2.35. The largest absolute Gasteiger partial charge is 0.369 e. The van der Waals surface area contributed by atoms with Gasteiger partial charge in [-0.25, -0.2) is 0 Å². The smallest absolute Gasteiger partial charge is 0.221 e. The van der Waals surface area contributed by atoms with Crippen LogP contribution in [0.2, 0.25) is 0 Å². The minimum absolute atomic E-state index is 0.0154. The number of hydrogen-bond donors (Lipinski definition) is 1. The lowest BCUT2D eigenvalue weighted by atomic mass is 9.98. The predicted octanol–water partition coefficient (Wildman–Crippen LogP) is 0.979. The van der Waals surface area contributed by atoms with Crippen LogP contribution in [0.25, 0.3) is 0 Å². The van der Waals surface area contributed by atoms with E-state index in [-0.39, 0.29) is 17.7 Å². The topological polar surface area (TPSA) is 70.1 Å². The molecule has 1 aliphatic heterocycles. The number of nitriles is 1. The van der Waals surface area contributed by atoms with Crippen molar-refractivity contribution in [1.29, 1.82) is 5.26 Å². The van der Waals surface area contributed by atoms with E-state index in [0.717, 1.165) is 32.5 Å². The number of carbonyl (C=O) groups excluding carboxylic acids is 1. The molecule has 0 aromatic carbocycles. The summed E-state index contributed by atoms with van der Waals surface area (Å²) in [7, 11) is 0. The molecule has 0 saturated carbocycles. The second-order valence-corrected chi connectivity index (χ2v) is 5.10. The van der Waals surface area contributed by atoms with Crippen molar-refractivity contribution < 1.29 is 4.79 Å². The number of hydrogen-bond acceptors (Lipinski definition) is 3. The molecule has 90 valence electrons. The Morgan fingerprint density at radius 2 is 2.31 bits per heavy atom. The zero-order chi connectivity index (χ0) is 12.1. The fraction of sp³-hybridized carbons (Fsp3) is 0.833. The monoisotopic (exact) mass is 223 g/mol. The SMILES string of the molecule is CC(C)C[C@@H](C#N)CN1CC[C@@H](C(N)=O)C1. The molecule has 1 heterocycles. The summed E-state index contributed by atoms with van der Waals surface area (Å²) in [5.41, 5.74) is 5.27. The Morgan fingerprint density at radius 1 is 1.62 bits per heavy atom. The van der Waals surface area contributed by atoms with Crippen molar-refractivity contribution in [3.63, 3.8) is 0 Å². The normalized spacial score (nSPS) is 23.2. The first-order valence-electron chi connectivity index (χ1n) is 5.94. The van der Waals surface area contributed by atoms with Crippen LogP contribution in [0.15, 0.2) is 0 Å². The maximum Gasteiger partial charge on any atom is 0.221 e. The van der Waals surface area contributed by atoms with Crippen molar-refractivity contribution >= 4 is 5.91 Å². The minimum Gasteiger partial charge on any atom is -0.369 e. The summed E-state index contributed by atoms with van der Waals surface area (Å²) in [4.78, 5) is 13.2. The van der Waals surface area contributed by atoms with Gasteiger partial charge in [-0.3, -0.25) is 4.79 Å². The quantitative estimate of drug-likeness (QED) is 0.755. The van der Waals surface area contributed by atoms with Gasteiger partial charge in [0.1, 0.15) is 0 Å². The summed E-state index contributed by atoms with van der Waals surface area (Å²) < 4.78 is 0. The fourth-order valence-electron chi connectivity index (χ4n) is 2.28. The van der Waals surface area contributed by atoms with E-state index in [2.05, 4.69) is 24.8 Å². The van der Waals surface area contributed by atoms with Crippen molar-refractivity contribution in [2.24, 2.45) is 23.5 Å². The van der Waals surface area contributed by atoms with Crippen LogP contribution in [0.1, 0.15) is 26.7 Å². The van der Waals surface area contributed by atoms with Crippen molar-refractivity contribution in [1.82, 2.24) is 4.90 Å². The van der Waals surface area contributed by atoms with Gasteiger partial charge >= 0.3 is 0 Å². The molecule has 0 spiro atoms. The molecule has 1 aliphatic rings. The zero-order valence-electron chi connectivity index (χ0n) is 10.1. The van der Waals surface area contributed by atoms with Gasteiger partial charge in [0.2, 0.25) is 5.91 Å². The van der Waals surface area contributed by atoms with Gasteiger partial charge in [0, 0.05) is 13.1 Å². The van der Waals surface area contributed by atoms with Gasteiger partial charge in [0.05, 0.1) is 17.9 Å². The van der Waals surface area contributed by atoms with Crippen LogP contribution in [-0.4, -0.2) is 30.4 Å². The minimum atomic E-state index is -0.208. The van der Waals surface area contributed by atoms with E-state index in [1.54, 1.807) is 0 Å². The van der Waals surface area contributed by atoms with E-state index in [1.165, 1.54) is 0 Å². The molecule has 0 aliphatic carbocycles. The van der Waals surface area contributed by atoms with Crippen LogP contribution in [0.3, 0.4) is 0 Å². The Balaban J connectivity index is 2.38. The Kier molecular flexibility index (Phi) is 4.75. The summed E-state index contributed by atoms with van der Waals surface area (Å²) in [6.07, 6.45) is 1.77. The van der Waals surface area contributed by atoms with Crippen LogP contribution in [-0.2, 0) is 4.79 Å². The summed E-state index contributed by atoms with van der Waals surface area (Å²) in [6.45, 7) is 6.65. The zero-order valence-corrected chi connectivity index (χ0v) is 10.1. The average Bonchev–Trinajstić information content (AvgIpc) is 2.64. The highest BCUT2D eigenvalue weighted by Gasteiger charge is 2.28. The molecule has 1 amide bonds. The van der Waals surface area contributed by atoms with Gasteiger partial charge in [-0.05, 0) is 25.3 Å². The van der Waals surface area contributed by atoms with E-state index in [9.17, 15) is 4.79 Å². The highest BCUT2D eigenvalue weighted by atomic mass is 16.1. The Labute approximate surface area is 97.4 Å². The van der Waals surface area contributed by atoms with Crippen molar-refractivity contribution in [2.45, 2.75) is 26.7 Å². The first-order valence-corrected chi connectivity index (χ1v) is 5.94. The molecule has 0 aromatic heterocycles. The molecular formula is C12H21N3O. The number of primary amides is 1. The number of nitrogens with two attached hydrogens (primary N) is 1. The lowest BCUT2D eigenvalue weighted by Crippen LogP contribution is -2.30. The van der Waals surface area contributed by atoms with E-state index in [1.807, 2.05) is 0 Å². The summed E-state index contributed by atoms with van der Waals surface area (Å²) in [5.74, 6) is 0.393. The second kappa shape index (κ2) is 5.86. The Hall–Kier alpha value is -1.08. The summed E-state index contributed by atoms with van der Waals surface area (Å²) in [5, 5.41) is 9.04. The number of amides is 1. The molecule has 16 heavy (non-hydrogen) atoms. The van der Waals surface area contributed by atoms with Gasteiger partial charge in [0.15, 0.2) is 0 Å². The Morgan fingerprint density at radius 3 is 2.75 bits per heavy atom.